The molecule has 0 bridgehead atoms. The first-order valence-corrected chi connectivity index (χ1v) is 10.1. The molecule has 1 saturated carbocycles. The standard InChI is InChI=1S/C21H27N3O4/c1-27-17-5-2-4-15(14-17)21(26)23-11-9-16(10-12-23)24-20(25)8-7-18(22-24)19-6-3-13-28-19/h3,6-8,13,15-17H,2,4-5,9-12,14H2,1H3/t15-,17-/m1/s1. The summed E-state index contributed by atoms with van der Waals surface area (Å²) in [5.74, 6) is 0.953. The monoisotopic (exact) mass is 385 g/mol. The van der Waals surface area contributed by atoms with Gasteiger partial charge in [0.1, 0.15) is 5.69 Å². The van der Waals surface area contributed by atoms with Crippen molar-refractivity contribution in [2.75, 3.05) is 20.2 Å². The fourth-order valence-electron chi connectivity index (χ4n) is 4.41. The van der Waals surface area contributed by atoms with Crippen LogP contribution in [0.25, 0.3) is 11.5 Å². The maximum Gasteiger partial charge on any atom is 0.267 e. The molecule has 3 heterocycles. The van der Waals surface area contributed by atoms with Gasteiger partial charge in [0.25, 0.3) is 5.56 Å². The predicted molar refractivity (Wildman–Crippen MR) is 104 cm³/mol. The number of rotatable bonds is 4. The van der Waals surface area contributed by atoms with E-state index >= 15 is 0 Å². The van der Waals surface area contributed by atoms with Gasteiger partial charge in [-0.2, -0.15) is 5.10 Å². The average Bonchev–Trinajstić information content (AvgIpc) is 3.29. The van der Waals surface area contributed by atoms with Gasteiger partial charge in [-0.05, 0) is 50.3 Å². The lowest BCUT2D eigenvalue weighted by Gasteiger charge is -2.36. The molecule has 1 amide bonds. The number of methoxy groups -OCH3 is 1. The van der Waals surface area contributed by atoms with Crippen LogP contribution in [0, 0.1) is 5.92 Å². The van der Waals surface area contributed by atoms with Gasteiger partial charge in [-0.1, -0.05) is 6.42 Å². The van der Waals surface area contributed by atoms with Crippen molar-refractivity contribution in [3.05, 3.63) is 40.9 Å². The summed E-state index contributed by atoms with van der Waals surface area (Å²) in [4.78, 5) is 27.2. The summed E-state index contributed by atoms with van der Waals surface area (Å²) in [7, 11) is 1.73. The predicted octanol–water partition coefficient (Wildman–Crippen LogP) is 2.87. The lowest BCUT2D eigenvalue weighted by atomic mass is 9.85. The number of furan rings is 1. The van der Waals surface area contributed by atoms with Gasteiger partial charge in [-0.15, -0.1) is 0 Å². The summed E-state index contributed by atoms with van der Waals surface area (Å²) >= 11 is 0. The van der Waals surface area contributed by atoms with Crippen LogP contribution in [0.5, 0.6) is 0 Å². The summed E-state index contributed by atoms with van der Waals surface area (Å²) in [6.07, 6.45) is 7.13. The average molecular weight is 385 g/mol. The summed E-state index contributed by atoms with van der Waals surface area (Å²) in [6, 6.07) is 6.86. The molecule has 0 radical (unpaired) electrons. The van der Waals surface area contributed by atoms with Gasteiger partial charge in [-0.25, -0.2) is 4.68 Å². The summed E-state index contributed by atoms with van der Waals surface area (Å²) in [5, 5.41) is 4.51. The summed E-state index contributed by atoms with van der Waals surface area (Å²) in [6.45, 7) is 1.33. The molecule has 0 spiro atoms. The number of likely N-dealkylation sites (tertiary alicyclic amines) is 1. The molecule has 0 unspecified atom stereocenters. The van der Waals surface area contributed by atoms with Crippen LogP contribution in [0.4, 0.5) is 0 Å². The number of carbonyl (C=O) groups is 1. The molecule has 2 aromatic rings. The zero-order chi connectivity index (χ0) is 19.5. The van der Waals surface area contributed by atoms with E-state index in [1.165, 1.54) is 6.07 Å². The molecule has 28 heavy (non-hydrogen) atoms. The van der Waals surface area contributed by atoms with Crippen LogP contribution in [0.15, 0.2) is 39.7 Å². The zero-order valence-electron chi connectivity index (χ0n) is 16.3. The Labute approximate surface area is 164 Å². The number of nitrogens with zero attached hydrogens (tertiary/aromatic N) is 3. The maximum absolute atomic E-state index is 12.9. The first-order chi connectivity index (χ1) is 13.7. The fraction of sp³-hybridized carbons (Fsp3) is 0.571. The Kier molecular flexibility index (Phi) is 5.62. The van der Waals surface area contributed by atoms with Gasteiger partial charge < -0.3 is 14.1 Å². The van der Waals surface area contributed by atoms with E-state index in [0.717, 1.165) is 38.5 Å². The zero-order valence-corrected chi connectivity index (χ0v) is 16.3. The topological polar surface area (TPSA) is 77.6 Å². The highest BCUT2D eigenvalue weighted by atomic mass is 16.5. The number of hydrogen-bond donors (Lipinski definition) is 0. The number of amides is 1. The van der Waals surface area contributed by atoms with Gasteiger partial charge >= 0.3 is 0 Å². The van der Waals surface area contributed by atoms with E-state index in [1.54, 1.807) is 30.2 Å². The number of ether oxygens (including phenoxy) is 1. The number of carbonyl (C=O) groups excluding carboxylic acids is 1. The number of piperidine rings is 1. The molecule has 2 aliphatic rings. The Morgan fingerprint density at radius 1 is 1.18 bits per heavy atom. The lowest BCUT2D eigenvalue weighted by molar-refractivity contribution is -0.139. The maximum atomic E-state index is 12.9. The highest BCUT2D eigenvalue weighted by Gasteiger charge is 2.33. The molecule has 0 N–H and O–H groups in total. The number of hydrogen-bond acceptors (Lipinski definition) is 5. The summed E-state index contributed by atoms with van der Waals surface area (Å²) < 4.78 is 12.4. The highest BCUT2D eigenvalue weighted by Crippen LogP contribution is 2.30. The van der Waals surface area contributed by atoms with Crippen LogP contribution in [0.3, 0.4) is 0 Å². The van der Waals surface area contributed by atoms with Gasteiger partial charge in [0.15, 0.2) is 5.76 Å². The molecule has 4 rings (SSSR count). The van der Waals surface area contributed by atoms with E-state index in [4.69, 9.17) is 9.15 Å². The largest absolute Gasteiger partial charge is 0.463 e. The second-order valence-electron chi connectivity index (χ2n) is 7.76. The third-order valence-corrected chi connectivity index (χ3v) is 6.03. The van der Waals surface area contributed by atoms with Crippen molar-refractivity contribution in [1.82, 2.24) is 14.7 Å². The molecule has 1 aliphatic carbocycles. The third kappa shape index (κ3) is 3.90. The Morgan fingerprint density at radius 3 is 2.71 bits per heavy atom. The first kappa shape index (κ1) is 18.9. The van der Waals surface area contributed by atoms with Crippen LogP contribution in [-0.4, -0.2) is 46.9 Å². The van der Waals surface area contributed by atoms with Crippen molar-refractivity contribution in [3.63, 3.8) is 0 Å². The Morgan fingerprint density at radius 2 is 2.00 bits per heavy atom. The van der Waals surface area contributed by atoms with Crippen LogP contribution < -0.4 is 5.56 Å². The van der Waals surface area contributed by atoms with Crippen molar-refractivity contribution in [2.24, 2.45) is 5.92 Å². The second kappa shape index (κ2) is 8.31. The minimum absolute atomic E-state index is 0.00421. The minimum atomic E-state index is -0.115. The molecule has 7 nitrogen and oxygen atoms in total. The van der Waals surface area contributed by atoms with E-state index in [2.05, 4.69) is 5.10 Å². The van der Waals surface area contributed by atoms with E-state index in [9.17, 15) is 9.59 Å². The number of aromatic nitrogens is 2. The molecule has 150 valence electrons. The van der Waals surface area contributed by atoms with Crippen molar-refractivity contribution in [3.8, 4) is 11.5 Å². The molecule has 2 aromatic heterocycles. The van der Waals surface area contributed by atoms with Crippen LogP contribution in [0.1, 0.15) is 44.6 Å². The second-order valence-corrected chi connectivity index (χ2v) is 7.76. The van der Waals surface area contributed by atoms with Gasteiger partial charge in [0.2, 0.25) is 5.91 Å². The summed E-state index contributed by atoms with van der Waals surface area (Å²) in [5.41, 5.74) is 0.534. The van der Waals surface area contributed by atoms with Crippen LogP contribution in [-0.2, 0) is 9.53 Å². The Balaban J connectivity index is 1.41. The van der Waals surface area contributed by atoms with Gasteiger partial charge in [-0.3, -0.25) is 9.59 Å². The molecule has 1 aliphatic heterocycles. The molecular weight excluding hydrogens is 358 g/mol. The Hall–Kier alpha value is -2.41. The lowest BCUT2D eigenvalue weighted by Crippen LogP contribution is -2.45. The fourth-order valence-corrected chi connectivity index (χ4v) is 4.41. The van der Waals surface area contributed by atoms with E-state index in [1.807, 2.05) is 11.0 Å². The van der Waals surface area contributed by atoms with Gasteiger partial charge in [0.05, 0.1) is 18.4 Å². The molecule has 2 fully saturated rings. The SMILES string of the molecule is CO[C@@H]1CCC[C@@H](C(=O)N2CCC(n3nc(-c4ccco4)ccc3=O)CC2)C1. The first-order valence-electron chi connectivity index (χ1n) is 10.1. The normalized spacial score (nSPS) is 23.7. The van der Waals surface area contributed by atoms with Crippen LogP contribution in [0.2, 0.25) is 0 Å². The van der Waals surface area contributed by atoms with Crippen molar-refractivity contribution >= 4 is 5.91 Å². The van der Waals surface area contributed by atoms with Crippen molar-refractivity contribution in [1.29, 1.82) is 0 Å². The Bertz CT molecular complexity index is 853. The van der Waals surface area contributed by atoms with Crippen LogP contribution >= 0.6 is 0 Å². The molecule has 2 atom stereocenters. The molecule has 0 aromatic carbocycles. The third-order valence-electron chi connectivity index (χ3n) is 6.03. The quantitative estimate of drug-likeness (QED) is 0.809. The molecule has 1 saturated heterocycles. The molecule has 7 heteroatoms. The van der Waals surface area contributed by atoms with Gasteiger partial charge in [0, 0.05) is 32.2 Å². The highest BCUT2D eigenvalue weighted by molar-refractivity contribution is 5.79. The minimum Gasteiger partial charge on any atom is -0.463 e. The van der Waals surface area contributed by atoms with E-state index in [0.29, 0.717) is 24.5 Å². The smallest absolute Gasteiger partial charge is 0.267 e. The van der Waals surface area contributed by atoms with E-state index in [-0.39, 0.29) is 29.5 Å². The van der Waals surface area contributed by atoms with Crippen molar-refractivity contribution < 1.29 is 13.9 Å². The van der Waals surface area contributed by atoms with Crippen molar-refractivity contribution in [2.45, 2.75) is 50.7 Å². The molecular formula is C21H27N3O4. The van der Waals surface area contributed by atoms with E-state index < -0.39 is 0 Å².